The third kappa shape index (κ3) is 4.39. The zero-order chi connectivity index (χ0) is 23.7. The van der Waals surface area contributed by atoms with Crippen LogP contribution in [0.1, 0.15) is 32.0 Å². The summed E-state index contributed by atoms with van der Waals surface area (Å²) in [6.07, 6.45) is 0. The first-order valence-electron chi connectivity index (χ1n) is 11.5. The van der Waals surface area contributed by atoms with E-state index in [0.29, 0.717) is 24.4 Å². The molecule has 1 N–H and O–H groups in total. The second kappa shape index (κ2) is 9.06. The second-order valence-corrected chi connectivity index (χ2v) is 8.73. The van der Waals surface area contributed by atoms with Crippen molar-refractivity contribution in [2.75, 3.05) is 36.4 Å². The fraction of sp³-hybridized carbons (Fsp3) is 0.214. The molecule has 0 unspecified atom stereocenters. The Morgan fingerprint density at radius 3 is 2.26 bits per heavy atom. The predicted molar refractivity (Wildman–Crippen MR) is 135 cm³/mol. The molecule has 0 saturated carbocycles. The van der Waals surface area contributed by atoms with E-state index in [0.717, 1.165) is 41.0 Å². The molecule has 1 fully saturated rings. The predicted octanol–water partition coefficient (Wildman–Crippen LogP) is 5.26. The van der Waals surface area contributed by atoms with E-state index < -0.39 is 0 Å². The summed E-state index contributed by atoms with van der Waals surface area (Å²) in [5.41, 5.74) is 5.47. The molecule has 0 bridgehead atoms. The van der Waals surface area contributed by atoms with Gasteiger partial charge in [0.15, 0.2) is 5.76 Å². The maximum Gasteiger partial charge on any atom is 0.289 e. The van der Waals surface area contributed by atoms with Crippen molar-refractivity contribution in [2.45, 2.75) is 13.8 Å². The Balaban J connectivity index is 1.18. The number of carbonyl (C=O) groups is 2. The van der Waals surface area contributed by atoms with Gasteiger partial charge in [-0.15, -0.1) is 0 Å². The SMILES string of the molecule is Cc1ccc(C(=O)Nc2ccc(N3CCN(C(=O)c4cc5ccccc5o4)CC3)cc2)cc1C. The van der Waals surface area contributed by atoms with Crippen molar-refractivity contribution >= 4 is 34.2 Å². The first kappa shape index (κ1) is 21.8. The standard InChI is InChI=1S/C28H27N3O3/c1-19-7-8-22(17-20(19)2)27(32)29-23-9-11-24(12-10-23)30-13-15-31(16-14-30)28(33)26-18-21-5-3-4-6-25(21)34-26/h3-12,17-18H,13-16H2,1-2H3,(H,29,32). The molecule has 0 spiro atoms. The number of fused-ring (bicyclic) bond motifs is 1. The monoisotopic (exact) mass is 453 g/mol. The van der Waals surface area contributed by atoms with Gasteiger partial charge in [-0.1, -0.05) is 24.3 Å². The Kier molecular flexibility index (Phi) is 5.80. The highest BCUT2D eigenvalue weighted by molar-refractivity contribution is 6.04. The van der Waals surface area contributed by atoms with Gasteiger partial charge in [0.2, 0.25) is 0 Å². The Labute approximate surface area is 198 Å². The van der Waals surface area contributed by atoms with E-state index in [9.17, 15) is 9.59 Å². The number of hydrogen-bond donors (Lipinski definition) is 1. The maximum atomic E-state index is 12.9. The molecular weight excluding hydrogens is 426 g/mol. The number of amides is 2. The molecule has 2 heterocycles. The summed E-state index contributed by atoms with van der Waals surface area (Å²) in [5.74, 6) is 0.201. The molecule has 2 amide bonds. The van der Waals surface area contributed by atoms with Crippen molar-refractivity contribution in [1.29, 1.82) is 0 Å². The van der Waals surface area contributed by atoms with E-state index >= 15 is 0 Å². The van der Waals surface area contributed by atoms with Crippen LogP contribution in [0, 0.1) is 13.8 Å². The molecule has 1 aliphatic rings. The van der Waals surface area contributed by atoms with E-state index in [1.165, 1.54) is 5.56 Å². The largest absolute Gasteiger partial charge is 0.451 e. The minimum atomic E-state index is -0.117. The number of carbonyl (C=O) groups excluding carboxylic acids is 2. The van der Waals surface area contributed by atoms with Gasteiger partial charge in [-0.2, -0.15) is 0 Å². The van der Waals surface area contributed by atoms with Gasteiger partial charge < -0.3 is 19.5 Å². The molecule has 0 aliphatic carbocycles. The third-order valence-electron chi connectivity index (χ3n) is 6.46. The summed E-state index contributed by atoms with van der Waals surface area (Å²) in [5, 5.41) is 3.90. The number of nitrogens with zero attached hydrogens (tertiary/aromatic N) is 2. The molecule has 3 aromatic carbocycles. The Hall–Kier alpha value is -4.06. The molecule has 0 radical (unpaired) electrons. The number of nitrogens with one attached hydrogen (secondary N) is 1. The van der Waals surface area contributed by atoms with Crippen LogP contribution in [0.15, 0.2) is 77.2 Å². The summed E-state index contributed by atoms with van der Waals surface area (Å²) in [7, 11) is 0. The Morgan fingerprint density at radius 2 is 1.56 bits per heavy atom. The van der Waals surface area contributed by atoms with Crippen molar-refractivity contribution < 1.29 is 14.0 Å². The average molecular weight is 454 g/mol. The number of piperazine rings is 1. The van der Waals surface area contributed by atoms with Crippen molar-refractivity contribution in [3.05, 3.63) is 95.2 Å². The van der Waals surface area contributed by atoms with Crippen molar-refractivity contribution in [2.24, 2.45) is 0 Å². The summed E-state index contributed by atoms with van der Waals surface area (Å²) < 4.78 is 5.74. The minimum absolute atomic E-state index is 0.0692. The number of anilines is 2. The minimum Gasteiger partial charge on any atom is -0.451 e. The van der Waals surface area contributed by atoms with Crippen LogP contribution in [0.5, 0.6) is 0 Å². The molecule has 1 aromatic heterocycles. The lowest BCUT2D eigenvalue weighted by molar-refractivity contribution is 0.0717. The quantitative estimate of drug-likeness (QED) is 0.458. The topological polar surface area (TPSA) is 65.8 Å². The summed E-state index contributed by atoms with van der Waals surface area (Å²) in [6.45, 7) is 6.76. The zero-order valence-corrected chi connectivity index (χ0v) is 19.4. The van der Waals surface area contributed by atoms with E-state index in [4.69, 9.17) is 4.42 Å². The molecule has 1 saturated heterocycles. The first-order chi connectivity index (χ1) is 16.5. The number of hydrogen-bond acceptors (Lipinski definition) is 4. The maximum absolute atomic E-state index is 12.9. The van der Waals surface area contributed by atoms with Crippen LogP contribution in [0.25, 0.3) is 11.0 Å². The van der Waals surface area contributed by atoms with Crippen LogP contribution in [0.2, 0.25) is 0 Å². The number of aryl methyl sites for hydroxylation is 2. The molecule has 6 nitrogen and oxygen atoms in total. The summed E-state index contributed by atoms with van der Waals surface area (Å²) in [6, 6.07) is 23.0. The fourth-order valence-electron chi connectivity index (χ4n) is 4.25. The lowest BCUT2D eigenvalue weighted by atomic mass is 10.1. The van der Waals surface area contributed by atoms with Gasteiger partial charge in [0, 0.05) is 48.5 Å². The zero-order valence-electron chi connectivity index (χ0n) is 19.4. The molecule has 34 heavy (non-hydrogen) atoms. The van der Waals surface area contributed by atoms with Crippen LogP contribution in [-0.2, 0) is 0 Å². The van der Waals surface area contributed by atoms with Gasteiger partial charge in [0.1, 0.15) is 5.58 Å². The van der Waals surface area contributed by atoms with E-state index in [1.807, 2.05) is 91.5 Å². The molecule has 0 atom stereocenters. The highest BCUT2D eigenvalue weighted by Crippen LogP contribution is 2.23. The molecular formula is C28H27N3O3. The normalized spacial score (nSPS) is 13.8. The number of benzene rings is 3. The Morgan fingerprint density at radius 1 is 0.824 bits per heavy atom. The van der Waals surface area contributed by atoms with E-state index in [-0.39, 0.29) is 11.8 Å². The third-order valence-corrected chi connectivity index (χ3v) is 6.46. The molecule has 4 aromatic rings. The number of rotatable bonds is 4. The van der Waals surface area contributed by atoms with Gasteiger partial charge in [-0.25, -0.2) is 0 Å². The molecule has 1 aliphatic heterocycles. The highest BCUT2D eigenvalue weighted by Gasteiger charge is 2.24. The molecule has 172 valence electrons. The molecule has 6 heteroatoms. The van der Waals surface area contributed by atoms with Crippen LogP contribution < -0.4 is 10.2 Å². The number of furan rings is 1. The van der Waals surface area contributed by atoms with E-state index in [1.54, 1.807) is 0 Å². The summed E-state index contributed by atoms with van der Waals surface area (Å²) >= 11 is 0. The fourth-order valence-corrected chi connectivity index (χ4v) is 4.25. The van der Waals surface area contributed by atoms with E-state index in [2.05, 4.69) is 10.2 Å². The van der Waals surface area contributed by atoms with Crippen LogP contribution in [0.4, 0.5) is 11.4 Å². The first-order valence-corrected chi connectivity index (χ1v) is 11.5. The van der Waals surface area contributed by atoms with Crippen LogP contribution >= 0.6 is 0 Å². The van der Waals surface area contributed by atoms with Gasteiger partial charge in [-0.05, 0) is 73.5 Å². The second-order valence-electron chi connectivity index (χ2n) is 8.73. The van der Waals surface area contributed by atoms with Crippen molar-refractivity contribution in [3.63, 3.8) is 0 Å². The van der Waals surface area contributed by atoms with Gasteiger partial charge in [0.25, 0.3) is 11.8 Å². The van der Waals surface area contributed by atoms with Gasteiger partial charge >= 0.3 is 0 Å². The van der Waals surface area contributed by atoms with Gasteiger partial charge in [-0.3, -0.25) is 9.59 Å². The molecule has 5 rings (SSSR count). The van der Waals surface area contributed by atoms with Crippen molar-refractivity contribution in [3.8, 4) is 0 Å². The Bertz CT molecular complexity index is 1320. The van der Waals surface area contributed by atoms with Gasteiger partial charge in [0.05, 0.1) is 0 Å². The summed E-state index contributed by atoms with van der Waals surface area (Å²) in [4.78, 5) is 29.5. The van der Waals surface area contributed by atoms with Crippen LogP contribution in [0.3, 0.4) is 0 Å². The lowest BCUT2D eigenvalue weighted by Crippen LogP contribution is -2.48. The smallest absolute Gasteiger partial charge is 0.289 e. The number of para-hydroxylation sites is 1. The average Bonchev–Trinajstić information content (AvgIpc) is 3.30. The van der Waals surface area contributed by atoms with Crippen LogP contribution in [-0.4, -0.2) is 42.9 Å². The lowest BCUT2D eigenvalue weighted by Gasteiger charge is -2.35. The van der Waals surface area contributed by atoms with Crippen molar-refractivity contribution in [1.82, 2.24) is 4.90 Å². The highest BCUT2D eigenvalue weighted by atomic mass is 16.3.